The van der Waals surface area contributed by atoms with Crippen LogP contribution in [0.15, 0.2) is 101 Å². The third kappa shape index (κ3) is 5.43. The highest BCUT2D eigenvalue weighted by Crippen LogP contribution is 2.41. The van der Waals surface area contributed by atoms with Gasteiger partial charge in [0.1, 0.15) is 23.9 Å². The Hall–Kier alpha value is -4.78. The van der Waals surface area contributed by atoms with E-state index < -0.39 is 17.7 Å². The second-order valence-electron chi connectivity index (χ2n) is 9.79. The molecule has 1 fully saturated rings. The second kappa shape index (κ2) is 10.9. The monoisotopic (exact) mass is 522 g/mol. The molecule has 1 aromatic heterocycles. The summed E-state index contributed by atoms with van der Waals surface area (Å²) in [6.07, 6.45) is 1.52. The van der Waals surface area contributed by atoms with Gasteiger partial charge >= 0.3 is 0 Å². The topological polar surface area (TPSA) is 83.2 Å². The highest BCUT2D eigenvalue weighted by molar-refractivity contribution is 6.46. The molecule has 0 bridgehead atoms. The van der Waals surface area contributed by atoms with E-state index in [4.69, 9.17) is 9.15 Å². The van der Waals surface area contributed by atoms with Gasteiger partial charge in [-0.1, -0.05) is 42.0 Å². The Kier molecular flexibility index (Phi) is 7.23. The number of carbonyl (C=O) groups excluding carboxylic acids is 2. The minimum absolute atomic E-state index is 0.0394. The second-order valence-corrected chi connectivity index (χ2v) is 9.79. The first-order valence-electron chi connectivity index (χ1n) is 12.7. The van der Waals surface area contributed by atoms with E-state index in [9.17, 15) is 14.7 Å². The van der Waals surface area contributed by atoms with Crippen LogP contribution in [0.2, 0.25) is 0 Å². The van der Waals surface area contributed by atoms with Gasteiger partial charge in [0.25, 0.3) is 11.7 Å². The van der Waals surface area contributed by atoms with Gasteiger partial charge in [-0.3, -0.25) is 9.59 Å². The number of aryl methyl sites for hydroxylation is 1. The maximum absolute atomic E-state index is 13.3. The molecule has 0 aliphatic carbocycles. The van der Waals surface area contributed by atoms with E-state index in [2.05, 4.69) is 6.07 Å². The Labute approximate surface area is 227 Å². The number of Topliss-reactive ketones (excluding diaryl/α,β-unsaturated/α-hetero) is 1. The zero-order valence-electron chi connectivity index (χ0n) is 22.1. The van der Waals surface area contributed by atoms with Crippen LogP contribution in [0.1, 0.15) is 34.1 Å². The Morgan fingerprint density at radius 1 is 0.974 bits per heavy atom. The molecule has 7 nitrogen and oxygen atoms in total. The van der Waals surface area contributed by atoms with Crippen molar-refractivity contribution in [3.63, 3.8) is 0 Å². The molecule has 1 aliphatic heterocycles. The summed E-state index contributed by atoms with van der Waals surface area (Å²) in [4.78, 5) is 29.9. The summed E-state index contributed by atoms with van der Waals surface area (Å²) in [5.41, 5.74) is 4.36. The van der Waals surface area contributed by atoms with Crippen LogP contribution in [0.25, 0.3) is 5.76 Å². The first-order valence-corrected chi connectivity index (χ1v) is 12.7. The van der Waals surface area contributed by atoms with Gasteiger partial charge in [0.2, 0.25) is 0 Å². The Balaban J connectivity index is 1.47. The number of hydrogen-bond donors (Lipinski definition) is 1. The Morgan fingerprint density at radius 3 is 2.36 bits per heavy atom. The smallest absolute Gasteiger partial charge is 0.296 e. The molecule has 198 valence electrons. The number of amides is 1. The van der Waals surface area contributed by atoms with Crippen LogP contribution in [0.5, 0.6) is 5.75 Å². The van der Waals surface area contributed by atoms with Crippen LogP contribution in [0.4, 0.5) is 5.69 Å². The maximum atomic E-state index is 13.3. The largest absolute Gasteiger partial charge is 0.507 e. The van der Waals surface area contributed by atoms with Crippen LogP contribution in [-0.4, -0.2) is 35.8 Å². The molecule has 5 rings (SSSR count). The summed E-state index contributed by atoms with van der Waals surface area (Å²) in [5, 5.41) is 11.4. The molecular weight excluding hydrogens is 492 g/mol. The van der Waals surface area contributed by atoms with E-state index >= 15 is 0 Å². The van der Waals surface area contributed by atoms with Crippen molar-refractivity contribution in [3.8, 4) is 5.75 Å². The zero-order chi connectivity index (χ0) is 27.5. The van der Waals surface area contributed by atoms with E-state index in [1.807, 2.05) is 68.4 Å². The summed E-state index contributed by atoms with van der Waals surface area (Å²) >= 11 is 0. The number of aliphatic hydroxyl groups excluding tert-OH is 1. The quantitative estimate of drug-likeness (QED) is 0.177. The molecule has 39 heavy (non-hydrogen) atoms. The van der Waals surface area contributed by atoms with Crippen molar-refractivity contribution in [2.45, 2.75) is 26.1 Å². The van der Waals surface area contributed by atoms with E-state index in [1.54, 1.807) is 36.4 Å². The fourth-order valence-electron chi connectivity index (χ4n) is 4.75. The lowest BCUT2D eigenvalue weighted by Crippen LogP contribution is -2.29. The summed E-state index contributed by atoms with van der Waals surface area (Å²) in [7, 11) is 3.87. The predicted octanol–water partition coefficient (Wildman–Crippen LogP) is 5.85. The van der Waals surface area contributed by atoms with Crippen molar-refractivity contribution < 1.29 is 23.8 Å². The minimum atomic E-state index is -0.774. The first kappa shape index (κ1) is 25.9. The number of aliphatic hydroxyl groups is 1. The van der Waals surface area contributed by atoms with Crippen LogP contribution in [0, 0.1) is 6.92 Å². The zero-order valence-corrected chi connectivity index (χ0v) is 22.1. The summed E-state index contributed by atoms with van der Waals surface area (Å²) in [6.45, 7) is 2.54. The molecule has 1 aliphatic rings. The number of ketones is 1. The number of ether oxygens (including phenoxy) is 1. The van der Waals surface area contributed by atoms with E-state index in [-0.39, 0.29) is 17.9 Å². The number of carbonyl (C=O) groups is 2. The van der Waals surface area contributed by atoms with Gasteiger partial charge in [0.15, 0.2) is 0 Å². The van der Waals surface area contributed by atoms with Crippen molar-refractivity contribution in [1.29, 1.82) is 0 Å². The molecule has 2 heterocycles. The Morgan fingerprint density at radius 2 is 1.72 bits per heavy atom. The molecule has 3 aromatic carbocycles. The van der Waals surface area contributed by atoms with E-state index in [1.165, 1.54) is 11.2 Å². The third-order valence-corrected chi connectivity index (χ3v) is 6.79. The summed E-state index contributed by atoms with van der Waals surface area (Å²) < 4.78 is 11.4. The normalized spacial score (nSPS) is 16.5. The number of benzene rings is 3. The van der Waals surface area contributed by atoms with Gasteiger partial charge in [0.05, 0.1) is 24.4 Å². The molecule has 7 heteroatoms. The first-order chi connectivity index (χ1) is 18.8. The van der Waals surface area contributed by atoms with Crippen LogP contribution >= 0.6 is 0 Å². The molecule has 1 saturated heterocycles. The number of likely N-dealkylation sites (tertiary alicyclic amines) is 1. The van der Waals surface area contributed by atoms with Gasteiger partial charge < -0.3 is 24.1 Å². The highest BCUT2D eigenvalue weighted by Gasteiger charge is 2.46. The molecule has 0 unspecified atom stereocenters. The van der Waals surface area contributed by atoms with Crippen molar-refractivity contribution in [2.75, 3.05) is 19.0 Å². The van der Waals surface area contributed by atoms with Crippen molar-refractivity contribution in [1.82, 2.24) is 4.90 Å². The molecule has 0 radical (unpaired) electrons. The van der Waals surface area contributed by atoms with Crippen molar-refractivity contribution in [2.24, 2.45) is 0 Å². The van der Waals surface area contributed by atoms with Gasteiger partial charge in [-0.15, -0.1) is 0 Å². The van der Waals surface area contributed by atoms with Crippen LogP contribution in [-0.2, 0) is 22.7 Å². The molecule has 4 aromatic rings. The number of anilines is 1. The summed E-state index contributed by atoms with van der Waals surface area (Å²) in [6, 6.07) is 25.2. The lowest BCUT2D eigenvalue weighted by atomic mass is 9.95. The van der Waals surface area contributed by atoms with Crippen LogP contribution in [0.3, 0.4) is 0 Å². The van der Waals surface area contributed by atoms with Crippen molar-refractivity contribution >= 4 is 23.1 Å². The van der Waals surface area contributed by atoms with Gasteiger partial charge in [0, 0.05) is 25.3 Å². The number of rotatable bonds is 8. The molecule has 0 saturated carbocycles. The SMILES string of the molecule is Cc1cccc(COc2ccc(C(O)=C3C(=O)C(=O)N(Cc4ccco4)[C@H]3c3ccc(N(C)C)cc3)cc2)c1. The highest BCUT2D eigenvalue weighted by atomic mass is 16.5. The number of nitrogens with zero attached hydrogens (tertiary/aromatic N) is 2. The lowest BCUT2D eigenvalue weighted by Gasteiger charge is -2.25. The lowest BCUT2D eigenvalue weighted by molar-refractivity contribution is -0.140. The fourth-order valence-corrected chi connectivity index (χ4v) is 4.75. The molecule has 1 amide bonds. The standard InChI is InChI=1S/C32H30N2O5/c1-21-6-4-7-22(18-21)20-39-26-15-11-24(12-16-26)30(35)28-29(23-9-13-25(14-10-23)33(2)3)34(32(37)31(28)36)19-27-8-5-17-38-27/h4-18,29,35H,19-20H2,1-3H3/t29-/m0/s1. The van der Waals surface area contributed by atoms with E-state index in [0.29, 0.717) is 29.2 Å². The average Bonchev–Trinajstić information content (AvgIpc) is 3.54. The fraction of sp³-hybridized carbons (Fsp3) is 0.188. The van der Waals surface area contributed by atoms with Gasteiger partial charge in [-0.05, 0) is 66.6 Å². The van der Waals surface area contributed by atoms with Gasteiger partial charge in [-0.2, -0.15) is 0 Å². The predicted molar refractivity (Wildman–Crippen MR) is 149 cm³/mol. The van der Waals surface area contributed by atoms with Crippen LogP contribution < -0.4 is 9.64 Å². The average molecular weight is 523 g/mol. The number of furan rings is 1. The molecule has 1 N–H and O–H groups in total. The third-order valence-electron chi connectivity index (χ3n) is 6.79. The van der Waals surface area contributed by atoms with E-state index in [0.717, 1.165) is 16.8 Å². The molecule has 1 atom stereocenters. The molecular formula is C32H30N2O5. The Bertz CT molecular complexity index is 1500. The van der Waals surface area contributed by atoms with Crippen molar-refractivity contribution in [3.05, 3.63) is 125 Å². The van der Waals surface area contributed by atoms with Gasteiger partial charge in [-0.25, -0.2) is 0 Å². The number of hydrogen-bond acceptors (Lipinski definition) is 6. The maximum Gasteiger partial charge on any atom is 0.296 e. The minimum Gasteiger partial charge on any atom is -0.507 e. The summed E-state index contributed by atoms with van der Waals surface area (Å²) in [5.74, 6) is -0.487. The molecule has 0 spiro atoms.